The van der Waals surface area contributed by atoms with E-state index in [0.29, 0.717) is 33.8 Å². The van der Waals surface area contributed by atoms with Gasteiger partial charge in [0, 0.05) is 37.8 Å². The number of carbonyl (C=O) groups is 1. The number of aromatic nitrogens is 1. The van der Waals surface area contributed by atoms with Crippen LogP contribution in [0.25, 0.3) is 11.1 Å². The number of amides is 1. The molecule has 2 heterocycles. The summed E-state index contributed by atoms with van der Waals surface area (Å²) in [5.74, 6) is -0.337. The molecular formula is C32H38F4N4O3S. The second kappa shape index (κ2) is 11.8. The highest BCUT2D eigenvalue weighted by atomic mass is 32.2. The highest BCUT2D eigenvalue weighted by Gasteiger charge is 2.38. The number of likely N-dealkylation sites (N-methyl/N-ethyl adjacent to an activating group) is 1. The minimum absolute atomic E-state index is 0.220. The fourth-order valence-electron chi connectivity index (χ4n) is 5.95. The first-order chi connectivity index (χ1) is 20.2. The number of hydrogen-bond acceptors (Lipinski definition) is 5. The summed E-state index contributed by atoms with van der Waals surface area (Å²) < 4.78 is 80.9. The monoisotopic (exact) mass is 634 g/mol. The van der Waals surface area contributed by atoms with E-state index in [9.17, 15) is 30.8 Å². The third kappa shape index (κ3) is 6.61. The number of anilines is 2. The van der Waals surface area contributed by atoms with Gasteiger partial charge in [0.25, 0.3) is 0 Å². The largest absolute Gasteiger partial charge is 0.416 e. The van der Waals surface area contributed by atoms with Gasteiger partial charge in [-0.3, -0.25) is 4.79 Å². The van der Waals surface area contributed by atoms with Crippen LogP contribution in [0.3, 0.4) is 0 Å². The zero-order valence-corrected chi connectivity index (χ0v) is 26.9. The molecule has 1 fully saturated rings. The molecule has 12 heteroatoms. The summed E-state index contributed by atoms with van der Waals surface area (Å²) >= 11 is 0. The van der Waals surface area contributed by atoms with Crippen LogP contribution < -0.4 is 9.80 Å². The van der Waals surface area contributed by atoms with Crippen LogP contribution in [0.4, 0.5) is 29.1 Å². The standard InChI is InChI=1S/C32H38F4N4O3S/c1-19-11-23(14-24(12-19)32(34,35)36)31(5,6)30(41)38(7)28-16-37-29(15-27(28)26-10-9-25(33)13-20(26)2)40-21(3)17-39(18-22(40)4)44(8,42)43/h9-16,21-22H,17-18H2,1-8H3/t21-,22+. The summed E-state index contributed by atoms with van der Waals surface area (Å²) in [4.78, 5) is 22.1. The third-order valence-corrected chi connectivity index (χ3v) is 9.53. The van der Waals surface area contributed by atoms with Gasteiger partial charge in [-0.2, -0.15) is 17.5 Å². The molecule has 0 radical (unpaired) electrons. The molecule has 0 bridgehead atoms. The molecule has 0 unspecified atom stereocenters. The van der Waals surface area contributed by atoms with Gasteiger partial charge in [0.1, 0.15) is 11.6 Å². The van der Waals surface area contributed by atoms with E-state index in [0.717, 1.165) is 12.1 Å². The Bertz CT molecular complexity index is 1680. The van der Waals surface area contributed by atoms with Gasteiger partial charge in [-0.15, -0.1) is 0 Å². The van der Waals surface area contributed by atoms with Crippen LogP contribution in [0.2, 0.25) is 0 Å². The predicted octanol–water partition coefficient (Wildman–Crippen LogP) is 6.32. The maximum absolute atomic E-state index is 14.1. The van der Waals surface area contributed by atoms with Crippen LogP contribution >= 0.6 is 0 Å². The van der Waals surface area contributed by atoms with Crippen molar-refractivity contribution in [3.8, 4) is 11.1 Å². The summed E-state index contributed by atoms with van der Waals surface area (Å²) in [6, 6.07) is 9.28. The van der Waals surface area contributed by atoms with Gasteiger partial charge < -0.3 is 9.80 Å². The van der Waals surface area contributed by atoms with Crippen molar-refractivity contribution in [2.75, 3.05) is 36.2 Å². The first-order valence-electron chi connectivity index (χ1n) is 14.2. The Labute approximate surface area is 256 Å². The third-order valence-electron chi connectivity index (χ3n) is 8.29. The molecule has 7 nitrogen and oxygen atoms in total. The van der Waals surface area contributed by atoms with Crippen LogP contribution in [-0.2, 0) is 26.4 Å². The second-order valence-corrected chi connectivity index (χ2v) is 14.3. The molecule has 0 aliphatic carbocycles. The Morgan fingerprint density at radius 1 is 0.955 bits per heavy atom. The number of sulfonamides is 1. The van der Waals surface area contributed by atoms with E-state index in [1.807, 2.05) is 18.7 Å². The highest BCUT2D eigenvalue weighted by Crippen LogP contribution is 2.39. The van der Waals surface area contributed by atoms with Gasteiger partial charge in [0.05, 0.1) is 29.1 Å². The van der Waals surface area contributed by atoms with Gasteiger partial charge in [-0.25, -0.2) is 17.8 Å². The molecule has 0 saturated carbocycles. The minimum atomic E-state index is -4.57. The molecule has 2 atom stereocenters. The number of rotatable bonds is 6. The minimum Gasteiger partial charge on any atom is -0.349 e. The molecule has 2 aromatic carbocycles. The quantitative estimate of drug-likeness (QED) is 0.297. The van der Waals surface area contributed by atoms with Crippen LogP contribution in [0.5, 0.6) is 0 Å². The lowest BCUT2D eigenvalue weighted by atomic mass is 9.81. The lowest BCUT2D eigenvalue weighted by Crippen LogP contribution is -2.58. The van der Waals surface area contributed by atoms with Crippen LogP contribution in [-0.4, -0.2) is 62.1 Å². The van der Waals surface area contributed by atoms with Crippen LogP contribution in [0.15, 0.2) is 48.7 Å². The Hall–Kier alpha value is -3.51. The average molecular weight is 635 g/mol. The Balaban J connectivity index is 1.81. The molecule has 0 N–H and O–H groups in total. The van der Waals surface area contributed by atoms with Crippen molar-refractivity contribution < 1.29 is 30.8 Å². The smallest absolute Gasteiger partial charge is 0.349 e. The summed E-state index contributed by atoms with van der Waals surface area (Å²) in [6.07, 6.45) is -1.86. The molecule has 1 saturated heterocycles. The van der Waals surface area contributed by atoms with E-state index in [-0.39, 0.29) is 30.7 Å². The SMILES string of the molecule is Cc1cc(C(F)(F)F)cc(C(C)(C)C(=O)N(C)c2cnc(N3[C@H](C)CN(S(C)(=O)=O)C[C@@H]3C)cc2-c2ccc(F)cc2C)c1. The van der Waals surface area contributed by atoms with Gasteiger partial charge in [0.15, 0.2) is 0 Å². The van der Waals surface area contributed by atoms with Crippen molar-refractivity contribution in [2.45, 2.75) is 65.2 Å². The van der Waals surface area contributed by atoms with Crippen molar-refractivity contribution in [3.05, 3.63) is 76.7 Å². The Morgan fingerprint density at radius 3 is 2.09 bits per heavy atom. The topological polar surface area (TPSA) is 73.8 Å². The zero-order valence-electron chi connectivity index (χ0n) is 26.1. The summed E-state index contributed by atoms with van der Waals surface area (Å²) in [7, 11) is -1.85. The first-order valence-corrected chi connectivity index (χ1v) is 16.0. The van der Waals surface area contributed by atoms with Gasteiger partial charge >= 0.3 is 6.18 Å². The number of pyridine rings is 1. The van der Waals surface area contributed by atoms with Crippen molar-refractivity contribution in [2.24, 2.45) is 0 Å². The van der Waals surface area contributed by atoms with E-state index in [1.165, 1.54) is 33.8 Å². The number of benzene rings is 2. The molecule has 3 aromatic rings. The van der Waals surface area contributed by atoms with E-state index in [2.05, 4.69) is 4.98 Å². The van der Waals surface area contributed by atoms with Gasteiger partial charge in [-0.1, -0.05) is 17.7 Å². The van der Waals surface area contributed by atoms with Crippen molar-refractivity contribution in [1.82, 2.24) is 9.29 Å². The maximum Gasteiger partial charge on any atom is 0.416 e. The number of aryl methyl sites for hydroxylation is 2. The number of hydrogen-bond donors (Lipinski definition) is 0. The van der Waals surface area contributed by atoms with Gasteiger partial charge in [-0.05, 0) is 88.6 Å². The normalized spacial score (nSPS) is 18.4. The molecule has 1 aromatic heterocycles. The highest BCUT2D eigenvalue weighted by molar-refractivity contribution is 7.88. The van der Waals surface area contributed by atoms with Crippen LogP contribution in [0, 0.1) is 19.7 Å². The van der Waals surface area contributed by atoms with E-state index in [4.69, 9.17) is 0 Å². The number of carbonyl (C=O) groups excluding carboxylic acids is 1. The molecule has 1 aliphatic rings. The summed E-state index contributed by atoms with van der Waals surface area (Å²) in [5, 5.41) is 0. The molecule has 1 aliphatic heterocycles. The molecule has 4 rings (SSSR count). The molecule has 1 amide bonds. The summed E-state index contributed by atoms with van der Waals surface area (Å²) in [5.41, 5.74) is 0.643. The zero-order chi connectivity index (χ0) is 32.9. The fraction of sp³-hybridized carbons (Fsp3) is 0.438. The molecule has 44 heavy (non-hydrogen) atoms. The number of halogens is 4. The maximum atomic E-state index is 14.1. The molecule has 0 spiro atoms. The van der Waals surface area contributed by atoms with Crippen LogP contribution in [0.1, 0.15) is 49.9 Å². The van der Waals surface area contributed by atoms with Crippen molar-refractivity contribution >= 4 is 27.4 Å². The molecule has 238 valence electrons. The first kappa shape index (κ1) is 33.4. The fourth-order valence-corrected chi connectivity index (χ4v) is 6.92. The average Bonchev–Trinajstić information content (AvgIpc) is 2.90. The summed E-state index contributed by atoms with van der Waals surface area (Å²) in [6.45, 7) is 10.8. The van der Waals surface area contributed by atoms with Gasteiger partial charge in [0.2, 0.25) is 15.9 Å². The number of nitrogens with zero attached hydrogens (tertiary/aromatic N) is 4. The van der Waals surface area contributed by atoms with E-state index < -0.39 is 38.9 Å². The predicted molar refractivity (Wildman–Crippen MR) is 165 cm³/mol. The van der Waals surface area contributed by atoms with Crippen molar-refractivity contribution in [3.63, 3.8) is 0 Å². The number of alkyl halides is 3. The lowest BCUT2D eigenvalue weighted by molar-refractivity contribution is -0.137. The second-order valence-electron chi connectivity index (χ2n) is 12.3. The van der Waals surface area contributed by atoms with E-state index >= 15 is 0 Å². The Morgan fingerprint density at radius 2 is 1.55 bits per heavy atom. The Kier molecular flexibility index (Phi) is 8.93. The van der Waals surface area contributed by atoms with Crippen molar-refractivity contribution in [1.29, 1.82) is 0 Å². The lowest BCUT2D eigenvalue weighted by Gasteiger charge is -2.44. The number of piperazine rings is 1. The molecular weight excluding hydrogens is 596 g/mol. The van der Waals surface area contributed by atoms with E-state index in [1.54, 1.807) is 52.9 Å².